The molecule has 1 aliphatic carbocycles. The van der Waals surface area contributed by atoms with Crippen LogP contribution in [0.1, 0.15) is 50.2 Å². The minimum absolute atomic E-state index is 0.120. The molecule has 0 radical (unpaired) electrons. The first-order chi connectivity index (χ1) is 20.3. The molecule has 6 nitrogen and oxygen atoms in total. The van der Waals surface area contributed by atoms with Gasteiger partial charge in [-0.05, 0) is 75.3 Å². The van der Waals surface area contributed by atoms with Crippen molar-refractivity contribution in [1.82, 2.24) is 0 Å². The highest BCUT2D eigenvalue weighted by Crippen LogP contribution is 2.39. The zero-order chi connectivity index (χ0) is 29.9. The Balaban J connectivity index is 1.52. The molecule has 4 rings (SSSR count). The van der Waals surface area contributed by atoms with Crippen LogP contribution in [-0.4, -0.2) is 36.2 Å². The lowest BCUT2D eigenvalue weighted by Gasteiger charge is -2.24. The van der Waals surface area contributed by atoms with Crippen LogP contribution < -0.4 is 0 Å². The smallest absolute Gasteiger partial charge is 0.331 e. The highest BCUT2D eigenvalue weighted by atomic mass is 19.1. The van der Waals surface area contributed by atoms with Gasteiger partial charge in [-0.1, -0.05) is 48.6 Å². The molecule has 1 heterocycles. The first-order valence-corrected chi connectivity index (χ1v) is 14.1. The third kappa shape index (κ3) is 9.09. The molecule has 0 aromatic heterocycles. The topological polar surface area (TPSA) is 78.9 Å². The van der Waals surface area contributed by atoms with Crippen molar-refractivity contribution in [3.8, 4) is 0 Å². The Morgan fingerprint density at radius 2 is 1.50 bits per heavy atom. The van der Waals surface area contributed by atoms with E-state index in [1.54, 1.807) is 30.3 Å². The molecule has 0 unspecified atom stereocenters. The number of ether oxygens (including phenoxy) is 3. The molecule has 0 spiro atoms. The molecule has 2 aliphatic rings. The van der Waals surface area contributed by atoms with Crippen molar-refractivity contribution >= 4 is 30.1 Å². The van der Waals surface area contributed by atoms with Crippen LogP contribution in [0.2, 0.25) is 0 Å². The van der Waals surface area contributed by atoms with Crippen LogP contribution in [0.5, 0.6) is 0 Å². The van der Waals surface area contributed by atoms with Gasteiger partial charge >= 0.3 is 17.9 Å². The van der Waals surface area contributed by atoms with Gasteiger partial charge in [0.25, 0.3) is 0 Å². The minimum Gasteiger partial charge on any atom is -0.460 e. The summed E-state index contributed by atoms with van der Waals surface area (Å²) < 4.78 is 44.9. The summed E-state index contributed by atoms with van der Waals surface area (Å²) in [6.07, 6.45) is 13.4. The summed E-state index contributed by atoms with van der Waals surface area (Å²) in [5.74, 6) is -3.24. The first-order valence-electron chi connectivity index (χ1n) is 14.1. The molecule has 0 bridgehead atoms. The lowest BCUT2D eigenvalue weighted by Crippen LogP contribution is -2.27. The number of halogens is 2. The molecule has 2 aromatic carbocycles. The van der Waals surface area contributed by atoms with Gasteiger partial charge in [0.15, 0.2) is 0 Å². The van der Waals surface area contributed by atoms with Crippen molar-refractivity contribution in [2.45, 2.75) is 57.3 Å². The lowest BCUT2D eigenvalue weighted by molar-refractivity contribution is -0.146. The highest BCUT2D eigenvalue weighted by molar-refractivity contribution is 5.88. The second-order valence-electron chi connectivity index (χ2n) is 10.4. The molecular weight excluding hydrogens is 542 g/mol. The van der Waals surface area contributed by atoms with Crippen molar-refractivity contribution in [2.24, 2.45) is 11.8 Å². The van der Waals surface area contributed by atoms with E-state index >= 15 is 0 Å². The molecule has 1 fully saturated rings. The maximum absolute atomic E-state index is 14.0. The summed E-state index contributed by atoms with van der Waals surface area (Å²) in [6, 6.07) is 12.1. The number of benzene rings is 2. The van der Waals surface area contributed by atoms with E-state index in [1.165, 1.54) is 48.6 Å². The Bertz CT molecular complexity index is 1380. The monoisotopic (exact) mass is 576 g/mol. The molecule has 1 aliphatic heterocycles. The van der Waals surface area contributed by atoms with Crippen molar-refractivity contribution in [3.63, 3.8) is 0 Å². The number of hydrogen-bond donors (Lipinski definition) is 0. The van der Waals surface area contributed by atoms with Crippen LogP contribution in [0.4, 0.5) is 8.78 Å². The SMILES string of the molecule is C[C@H]1CCC/C=C/[C@@H]2C[C@H](OC(=O)/C=C/c3ccccc3F)C[C@H]2[C@H](OC(=O)/C=C/c2ccccc2F)C=CC(=O)O1. The first kappa shape index (κ1) is 30.6. The average molecular weight is 577 g/mol. The van der Waals surface area contributed by atoms with Crippen molar-refractivity contribution < 1.29 is 37.4 Å². The zero-order valence-electron chi connectivity index (χ0n) is 23.4. The zero-order valence-corrected chi connectivity index (χ0v) is 23.4. The third-order valence-electron chi connectivity index (χ3n) is 7.29. The predicted molar refractivity (Wildman–Crippen MR) is 155 cm³/mol. The second kappa shape index (κ2) is 15.1. The number of fused-ring (bicyclic) bond motifs is 1. The minimum atomic E-state index is -0.848. The summed E-state index contributed by atoms with van der Waals surface area (Å²) in [7, 11) is 0. The Labute approximate surface area is 244 Å². The lowest BCUT2D eigenvalue weighted by atomic mass is 9.89. The van der Waals surface area contributed by atoms with Crippen molar-refractivity contribution in [2.75, 3.05) is 0 Å². The quantitative estimate of drug-likeness (QED) is 0.164. The molecule has 220 valence electrons. The van der Waals surface area contributed by atoms with Crippen LogP contribution in [-0.2, 0) is 28.6 Å². The third-order valence-corrected chi connectivity index (χ3v) is 7.29. The van der Waals surface area contributed by atoms with E-state index in [0.717, 1.165) is 18.9 Å². The molecule has 0 N–H and O–H groups in total. The number of esters is 3. The van der Waals surface area contributed by atoms with Gasteiger partial charge < -0.3 is 14.2 Å². The van der Waals surface area contributed by atoms with E-state index in [2.05, 4.69) is 0 Å². The van der Waals surface area contributed by atoms with Gasteiger partial charge in [-0.2, -0.15) is 0 Å². The fourth-order valence-corrected chi connectivity index (χ4v) is 5.19. The van der Waals surface area contributed by atoms with Gasteiger partial charge in [-0.25, -0.2) is 23.2 Å². The van der Waals surface area contributed by atoms with Gasteiger partial charge in [0.1, 0.15) is 23.8 Å². The predicted octanol–water partition coefficient (Wildman–Crippen LogP) is 6.77. The number of rotatable bonds is 6. The number of carbonyl (C=O) groups excluding carboxylic acids is 3. The molecule has 0 saturated heterocycles. The largest absolute Gasteiger partial charge is 0.460 e. The Morgan fingerprint density at radius 3 is 2.14 bits per heavy atom. The average Bonchev–Trinajstić information content (AvgIpc) is 3.35. The molecule has 2 aromatic rings. The van der Waals surface area contributed by atoms with Crippen LogP contribution >= 0.6 is 0 Å². The Hall–Kier alpha value is -4.33. The van der Waals surface area contributed by atoms with Crippen molar-refractivity contribution in [1.29, 1.82) is 0 Å². The molecule has 1 saturated carbocycles. The van der Waals surface area contributed by atoms with E-state index < -0.39 is 41.8 Å². The number of allylic oxidation sites excluding steroid dienone is 2. The van der Waals surface area contributed by atoms with E-state index in [4.69, 9.17) is 14.2 Å². The summed E-state index contributed by atoms with van der Waals surface area (Å²) in [6.45, 7) is 1.83. The maximum Gasteiger partial charge on any atom is 0.331 e. The standard InChI is InChI=1S/C34H34F2O6/c1-23-9-3-2-4-12-26-21-27(41-33(38)18-15-24-10-5-7-13-29(24)35)22-28(26)31(17-20-32(37)40-23)42-34(39)19-16-25-11-6-8-14-30(25)36/h4-8,10-20,23,26-28,31H,2-3,9,21-22H2,1H3/b12-4+,18-15+,19-16+,20-17?/t23-,26+,27-,28+,31+/m0/s1. The molecule has 42 heavy (non-hydrogen) atoms. The van der Waals surface area contributed by atoms with Crippen molar-refractivity contribution in [3.05, 3.63) is 108 Å². The highest BCUT2D eigenvalue weighted by Gasteiger charge is 2.40. The molecule has 0 amide bonds. The molecular formula is C34H34F2O6. The summed E-state index contributed by atoms with van der Waals surface area (Å²) in [5.41, 5.74) is 0.498. The van der Waals surface area contributed by atoms with Gasteiger partial charge in [0.2, 0.25) is 0 Å². The number of cyclic esters (lactones) is 1. The summed E-state index contributed by atoms with van der Waals surface area (Å²) >= 11 is 0. The van der Waals surface area contributed by atoms with E-state index in [-0.39, 0.29) is 29.1 Å². The summed E-state index contributed by atoms with van der Waals surface area (Å²) in [5, 5.41) is 0. The maximum atomic E-state index is 14.0. The van der Waals surface area contributed by atoms with Gasteiger partial charge in [0.05, 0.1) is 6.10 Å². The summed E-state index contributed by atoms with van der Waals surface area (Å²) in [4.78, 5) is 37.9. The molecule has 5 atom stereocenters. The van der Waals surface area contributed by atoms with Crippen LogP contribution in [0, 0.1) is 23.5 Å². The van der Waals surface area contributed by atoms with Crippen LogP contribution in [0.25, 0.3) is 12.2 Å². The van der Waals surface area contributed by atoms with Gasteiger partial charge in [-0.15, -0.1) is 0 Å². The second-order valence-corrected chi connectivity index (χ2v) is 10.4. The van der Waals surface area contributed by atoms with Gasteiger partial charge in [-0.3, -0.25) is 0 Å². The fraction of sp³-hybridized carbons (Fsp3) is 0.324. The number of hydrogen-bond acceptors (Lipinski definition) is 6. The Morgan fingerprint density at radius 1 is 0.881 bits per heavy atom. The van der Waals surface area contributed by atoms with Crippen LogP contribution in [0.3, 0.4) is 0 Å². The normalized spacial score (nSPS) is 25.6. The fourth-order valence-electron chi connectivity index (χ4n) is 5.19. The molecule has 8 heteroatoms. The van der Waals surface area contributed by atoms with Gasteiger partial charge in [0, 0.05) is 35.3 Å². The van der Waals surface area contributed by atoms with E-state index in [0.29, 0.717) is 19.3 Å². The van der Waals surface area contributed by atoms with Crippen LogP contribution in [0.15, 0.2) is 85.0 Å². The van der Waals surface area contributed by atoms with E-state index in [1.807, 2.05) is 19.1 Å². The number of carbonyl (C=O) groups is 3. The Kier molecular flexibility index (Phi) is 11.0. The van der Waals surface area contributed by atoms with E-state index in [9.17, 15) is 23.2 Å².